The normalized spacial score (nSPS) is 18.6. The van der Waals surface area contributed by atoms with Gasteiger partial charge in [0.25, 0.3) is 5.91 Å². The van der Waals surface area contributed by atoms with Gasteiger partial charge >= 0.3 is 0 Å². The van der Waals surface area contributed by atoms with Crippen molar-refractivity contribution in [2.45, 2.75) is 57.9 Å². The van der Waals surface area contributed by atoms with Crippen LogP contribution in [0.4, 0.5) is 11.5 Å². The molecule has 1 saturated heterocycles. The number of likely N-dealkylation sites (tertiary alicyclic amines) is 1. The molecule has 1 aliphatic heterocycles. The molecule has 0 spiro atoms. The van der Waals surface area contributed by atoms with Gasteiger partial charge in [-0.1, -0.05) is 36.9 Å². The maximum Gasteiger partial charge on any atom is 0.258 e. The number of benzene rings is 1. The zero-order valence-corrected chi connectivity index (χ0v) is 19.1. The summed E-state index contributed by atoms with van der Waals surface area (Å²) in [6.07, 6.45) is 11.1. The Balaban J connectivity index is 1.33. The van der Waals surface area contributed by atoms with E-state index in [1.54, 1.807) is 12.3 Å². The lowest BCUT2D eigenvalue weighted by Crippen LogP contribution is -2.43. The first-order valence-corrected chi connectivity index (χ1v) is 12.0. The number of halogens is 1. The number of hydrogen-bond acceptors (Lipinski definition) is 4. The van der Waals surface area contributed by atoms with Crippen molar-refractivity contribution in [1.82, 2.24) is 9.88 Å². The molecule has 2 N–H and O–H groups in total. The first-order chi connectivity index (χ1) is 15.1. The van der Waals surface area contributed by atoms with Gasteiger partial charge in [0, 0.05) is 29.5 Å². The van der Waals surface area contributed by atoms with E-state index in [0.717, 1.165) is 23.8 Å². The summed E-state index contributed by atoms with van der Waals surface area (Å²) in [6.45, 7) is 5.24. The van der Waals surface area contributed by atoms with Crippen LogP contribution in [0.5, 0.6) is 0 Å². The van der Waals surface area contributed by atoms with E-state index in [4.69, 9.17) is 11.6 Å². The zero-order valence-electron chi connectivity index (χ0n) is 18.4. The number of carbonyl (C=O) groups excluding carboxylic acids is 1. The van der Waals surface area contributed by atoms with E-state index in [2.05, 4.69) is 20.5 Å². The first-order valence-electron chi connectivity index (χ1n) is 11.6. The van der Waals surface area contributed by atoms with Gasteiger partial charge in [0.15, 0.2) is 0 Å². The van der Waals surface area contributed by atoms with Crippen LogP contribution in [-0.2, 0) is 0 Å². The highest BCUT2D eigenvalue weighted by molar-refractivity contribution is 6.31. The Labute approximate surface area is 190 Å². The van der Waals surface area contributed by atoms with Crippen LogP contribution in [-0.4, -0.2) is 41.5 Å². The van der Waals surface area contributed by atoms with E-state index in [-0.39, 0.29) is 5.91 Å². The molecular formula is C25H33ClN4O. The number of hydrogen-bond donors (Lipinski definition) is 2. The molecule has 2 aliphatic rings. The van der Waals surface area contributed by atoms with E-state index >= 15 is 0 Å². The van der Waals surface area contributed by atoms with Gasteiger partial charge < -0.3 is 15.5 Å². The smallest absolute Gasteiger partial charge is 0.258 e. The summed E-state index contributed by atoms with van der Waals surface area (Å²) >= 11 is 6.19. The maximum atomic E-state index is 12.9. The van der Waals surface area contributed by atoms with E-state index in [9.17, 15) is 4.79 Å². The molecule has 1 aliphatic carbocycles. The highest BCUT2D eigenvalue weighted by Crippen LogP contribution is 2.28. The summed E-state index contributed by atoms with van der Waals surface area (Å²) in [7, 11) is 0. The SMILES string of the molecule is Cc1ccc(NC(=O)c2cc(Cl)ccc2NCC2CCN(C3CCCCC3)CC2)nc1. The number of pyridine rings is 1. The molecule has 6 heteroatoms. The lowest BCUT2D eigenvalue weighted by Gasteiger charge is -2.39. The molecular weight excluding hydrogens is 408 g/mol. The van der Waals surface area contributed by atoms with Gasteiger partial charge in [-0.05, 0) is 81.4 Å². The van der Waals surface area contributed by atoms with E-state index < -0.39 is 0 Å². The number of anilines is 2. The molecule has 166 valence electrons. The fraction of sp³-hybridized carbons (Fsp3) is 0.520. The van der Waals surface area contributed by atoms with Gasteiger partial charge in [-0.25, -0.2) is 4.98 Å². The summed E-state index contributed by atoms with van der Waals surface area (Å²) in [5.41, 5.74) is 2.43. The number of piperidine rings is 1. The van der Waals surface area contributed by atoms with Crippen molar-refractivity contribution in [3.8, 4) is 0 Å². The predicted molar refractivity (Wildman–Crippen MR) is 128 cm³/mol. The second-order valence-electron chi connectivity index (χ2n) is 9.02. The van der Waals surface area contributed by atoms with Crippen LogP contribution in [0.15, 0.2) is 36.5 Å². The highest BCUT2D eigenvalue weighted by atomic mass is 35.5. The van der Waals surface area contributed by atoms with Crippen LogP contribution >= 0.6 is 11.6 Å². The van der Waals surface area contributed by atoms with Crippen molar-refractivity contribution >= 4 is 29.0 Å². The van der Waals surface area contributed by atoms with E-state index in [0.29, 0.717) is 22.3 Å². The van der Waals surface area contributed by atoms with E-state index in [1.165, 1.54) is 58.0 Å². The minimum absolute atomic E-state index is 0.200. The summed E-state index contributed by atoms with van der Waals surface area (Å²) in [5, 5.41) is 6.95. The number of nitrogens with one attached hydrogen (secondary N) is 2. The van der Waals surface area contributed by atoms with Crippen LogP contribution in [0.1, 0.15) is 60.9 Å². The second kappa shape index (κ2) is 10.5. The van der Waals surface area contributed by atoms with Gasteiger partial charge in [-0.2, -0.15) is 0 Å². The Hall–Kier alpha value is -2.11. The Bertz CT molecular complexity index is 872. The minimum atomic E-state index is -0.200. The van der Waals surface area contributed by atoms with Crippen molar-refractivity contribution in [1.29, 1.82) is 0 Å². The highest BCUT2D eigenvalue weighted by Gasteiger charge is 2.26. The Morgan fingerprint density at radius 3 is 2.58 bits per heavy atom. The topological polar surface area (TPSA) is 57.3 Å². The molecule has 1 aromatic carbocycles. The Morgan fingerprint density at radius 2 is 1.87 bits per heavy atom. The molecule has 4 rings (SSSR count). The average molecular weight is 441 g/mol. The lowest BCUT2D eigenvalue weighted by molar-refractivity contribution is 0.102. The van der Waals surface area contributed by atoms with Gasteiger partial charge in [0.1, 0.15) is 5.82 Å². The van der Waals surface area contributed by atoms with Crippen molar-refractivity contribution in [2.24, 2.45) is 5.92 Å². The standard InChI is InChI=1S/C25H33ClN4O/c1-18-7-10-24(28-16-18)29-25(31)22-15-20(26)8-9-23(22)27-17-19-11-13-30(14-12-19)21-5-3-2-4-6-21/h7-10,15-16,19,21,27H,2-6,11-14,17H2,1H3,(H,28,29,31). The summed E-state index contributed by atoms with van der Waals surface area (Å²) in [6, 6.07) is 10.0. The first kappa shape index (κ1) is 22.1. The molecule has 0 bridgehead atoms. The molecule has 0 atom stereocenters. The molecule has 0 radical (unpaired) electrons. The lowest BCUT2D eigenvalue weighted by atomic mass is 9.90. The maximum absolute atomic E-state index is 12.9. The summed E-state index contributed by atoms with van der Waals surface area (Å²) in [5.74, 6) is 0.968. The number of nitrogens with zero attached hydrogens (tertiary/aromatic N) is 2. The van der Waals surface area contributed by atoms with Crippen molar-refractivity contribution in [3.05, 3.63) is 52.7 Å². The molecule has 1 amide bonds. The van der Waals surface area contributed by atoms with Gasteiger partial charge in [0.05, 0.1) is 5.56 Å². The average Bonchev–Trinajstić information content (AvgIpc) is 2.80. The number of aromatic nitrogens is 1. The molecule has 2 fully saturated rings. The third kappa shape index (κ3) is 5.98. The fourth-order valence-electron chi connectivity index (χ4n) is 4.81. The number of amides is 1. The van der Waals surface area contributed by atoms with Gasteiger partial charge in [-0.15, -0.1) is 0 Å². The van der Waals surface area contributed by atoms with Crippen molar-refractivity contribution in [3.63, 3.8) is 0 Å². The minimum Gasteiger partial charge on any atom is -0.384 e. The summed E-state index contributed by atoms with van der Waals surface area (Å²) in [4.78, 5) is 19.9. The Morgan fingerprint density at radius 1 is 1.10 bits per heavy atom. The van der Waals surface area contributed by atoms with E-state index in [1.807, 2.05) is 31.2 Å². The van der Waals surface area contributed by atoms with Gasteiger partial charge in [-0.3, -0.25) is 4.79 Å². The van der Waals surface area contributed by atoms with Gasteiger partial charge in [0.2, 0.25) is 0 Å². The molecule has 0 unspecified atom stereocenters. The third-order valence-electron chi connectivity index (χ3n) is 6.70. The molecule has 2 heterocycles. The quantitative estimate of drug-likeness (QED) is 0.600. The number of rotatable bonds is 6. The molecule has 5 nitrogen and oxygen atoms in total. The zero-order chi connectivity index (χ0) is 21.6. The monoisotopic (exact) mass is 440 g/mol. The largest absolute Gasteiger partial charge is 0.384 e. The predicted octanol–water partition coefficient (Wildman–Crippen LogP) is 5.75. The van der Waals surface area contributed by atoms with Crippen molar-refractivity contribution < 1.29 is 4.79 Å². The molecule has 31 heavy (non-hydrogen) atoms. The van der Waals surface area contributed by atoms with Crippen LogP contribution < -0.4 is 10.6 Å². The summed E-state index contributed by atoms with van der Waals surface area (Å²) < 4.78 is 0. The van der Waals surface area contributed by atoms with Crippen LogP contribution in [0.3, 0.4) is 0 Å². The molecule has 2 aromatic rings. The third-order valence-corrected chi connectivity index (χ3v) is 6.94. The fourth-order valence-corrected chi connectivity index (χ4v) is 4.98. The molecule has 1 aromatic heterocycles. The van der Waals surface area contributed by atoms with Crippen LogP contribution in [0, 0.1) is 12.8 Å². The second-order valence-corrected chi connectivity index (χ2v) is 9.45. The number of aryl methyl sites for hydroxylation is 1. The van der Waals surface area contributed by atoms with Crippen LogP contribution in [0.25, 0.3) is 0 Å². The van der Waals surface area contributed by atoms with Crippen molar-refractivity contribution in [2.75, 3.05) is 30.3 Å². The number of carbonyl (C=O) groups is 1. The Kier molecular flexibility index (Phi) is 7.46. The van der Waals surface area contributed by atoms with Crippen LogP contribution in [0.2, 0.25) is 5.02 Å². The molecule has 1 saturated carbocycles.